The van der Waals surface area contributed by atoms with Gasteiger partial charge in [-0.2, -0.15) is 0 Å². The molecule has 0 aliphatic carbocycles. The molecule has 2 fully saturated rings. The standard InChI is InChI=1S/C14H17N3O4.C8H8O3/c15-7-12-8-17(14(19)21-12)11-3-1-10(2-4-11)16-5-6-20-9-13(16)18;9-7(8(10)11)6-4-2-1-3-5-6/h1-4,12H,5-9,15H2;1-5,7,9H,(H,10,11)/t12-;/m0./s1. The number of rotatable bonds is 5. The Balaban J connectivity index is 0.000000222. The molecule has 0 saturated carbocycles. The van der Waals surface area contributed by atoms with Gasteiger partial charge >= 0.3 is 12.1 Å². The van der Waals surface area contributed by atoms with Crippen LogP contribution in [0.2, 0.25) is 0 Å². The first kappa shape index (κ1) is 23.2. The largest absolute Gasteiger partial charge is 0.479 e. The maximum absolute atomic E-state index is 11.8. The minimum atomic E-state index is -1.41. The number of hydrogen-bond acceptors (Lipinski definition) is 7. The van der Waals surface area contributed by atoms with Crippen LogP contribution in [-0.2, 0) is 19.1 Å². The predicted octanol–water partition coefficient (Wildman–Crippen LogP) is 1.14. The van der Waals surface area contributed by atoms with E-state index in [1.54, 1.807) is 52.3 Å². The van der Waals surface area contributed by atoms with Crippen LogP contribution >= 0.6 is 0 Å². The Labute approximate surface area is 184 Å². The third-order valence-electron chi connectivity index (χ3n) is 4.95. The van der Waals surface area contributed by atoms with Crippen molar-refractivity contribution < 1.29 is 34.1 Å². The van der Waals surface area contributed by atoms with Gasteiger partial charge in [0.15, 0.2) is 6.10 Å². The zero-order chi connectivity index (χ0) is 23.1. The smallest absolute Gasteiger partial charge is 0.414 e. The highest BCUT2D eigenvalue weighted by atomic mass is 16.6. The molecule has 1 unspecified atom stereocenters. The van der Waals surface area contributed by atoms with Crippen molar-refractivity contribution in [2.45, 2.75) is 12.2 Å². The Kier molecular flexibility index (Phi) is 7.77. The van der Waals surface area contributed by atoms with E-state index in [9.17, 15) is 14.4 Å². The van der Waals surface area contributed by atoms with Crippen molar-refractivity contribution in [3.63, 3.8) is 0 Å². The lowest BCUT2D eigenvalue weighted by atomic mass is 10.1. The molecule has 2 amide bonds. The molecule has 2 heterocycles. The summed E-state index contributed by atoms with van der Waals surface area (Å²) in [5.74, 6) is -1.28. The zero-order valence-electron chi connectivity index (χ0n) is 17.3. The molecule has 0 radical (unpaired) electrons. The van der Waals surface area contributed by atoms with Gasteiger partial charge in [0.05, 0.1) is 13.2 Å². The number of amides is 2. The number of nitrogens with zero attached hydrogens (tertiary/aromatic N) is 2. The first-order valence-corrected chi connectivity index (χ1v) is 10.0. The van der Waals surface area contributed by atoms with E-state index in [1.165, 1.54) is 0 Å². The number of benzene rings is 2. The van der Waals surface area contributed by atoms with Crippen molar-refractivity contribution in [2.75, 3.05) is 42.6 Å². The molecular formula is C22H25N3O7. The van der Waals surface area contributed by atoms with E-state index in [1.807, 2.05) is 12.1 Å². The van der Waals surface area contributed by atoms with Crippen LogP contribution in [-0.4, -0.2) is 67.1 Å². The molecule has 4 rings (SSSR count). The van der Waals surface area contributed by atoms with Crippen LogP contribution in [0.1, 0.15) is 11.7 Å². The van der Waals surface area contributed by atoms with Crippen LogP contribution in [0, 0.1) is 0 Å². The molecule has 4 N–H and O–H groups in total. The number of anilines is 2. The van der Waals surface area contributed by atoms with Crippen LogP contribution in [0.25, 0.3) is 0 Å². The Hall–Kier alpha value is -3.47. The van der Waals surface area contributed by atoms with Crippen LogP contribution in [0.5, 0.6) is 0 Å². The molecule has 2 aliphatic heterocycles. The van der Waals surface area contributed by atoms with E-state index in [0.29, 0.717) is 31.8 Å². The average Bonchev–Trinajstić information content (AvgIpc) is 3.21. The first-order valence-electron chi connectivity index (χ1n) is 10.0. The van der Waals surface area contributed by atoms with E-state index < -0.39 is 12.1 Å². The normalized spacial score (nSPS) is 19.1. The Morgan fingerprint density at radius 3 is 2.22 bits per heavy atom. The highest BCUT2D eigenvalue weighted by molar-refractivity contribution is 5.95. The maximum atomic E-state index is 11.8. The second kappa shape index (κ2) is 10.7. The number of nitrogens with two attached hydrogens (primary N) is 1. The summed E-state index contributed by atoms with van der Waals surface area (Å²) in [4.78, 5) is 37.0. The summed E-state index contributed by atoms with van der Waals surface area (Å²) in [6.45, 7) is 1.94. The Bertz CT molecular complexity index is 936. The predicted molar refractivity (Wildman–Crippen MR) is 115 cm³/mol. The van der Waals surface area contributed by atoms with Gasteiger partial charge < -0.3 is 30.3 Å². The number of carboxylic acids is 1. The van der Waals surface area contributed by atoms with Crippen LogP contribution < -0.4 is 15.5 Å². The van der Waals surface area contributed by atoms with Crippen molar-refractivity contribution in [1.29, 1.82) is 0 Å². The van der Waals surface area contributed by atoms with Gasteiger partial charge in [-0.1, -0.05) is 30.3 Å². The number of morpholine rings is 1. The zero-order valence-corrected chi connectivity index (χ0v) is 17.3. The van der Waals surface area contributed by atoms with Gasteiger partial charge in [0.2, 0.25) is 0 Å². The van der Waals surface area contributed by atoms with Gasteiger partial charge in [0.1, 0.15) is 12.7 Å². The number of cyclic esters (lactones) is 1. The minimum Gasteiger partial charge on any atom is -0.479 e. The monoisotopic (exact) mass is 443 g/mol. The number of ether oxygens (including phenoxy) is 2. The number of aliphatic hydroxyl groups is 1. The van der Waals surface area contributed by atoms with E-state index in [0.717, 1.165) is 11.4 Å². The van der Waals surface area contributed by atoms with Gasteiger partial charge in [-0.15, -0.1) is 0 Å². The summed E-state index contributed by atoms with van der Waals surface area (Å²) in [6.07, 6.45) is -2.06. The maximum Gasteiger partial charge on any atom is 0.414 e. The molecule has 10 heteroatoms. The molecule has 2 aromatic rings. The topological polar surface area (TPSA) is 143 Å². The highest BCUT2D eigenvalue weighted by Gasteiger charge is 2.31. The molecule has 10 nitrogen and oxygen atoms in total. The van der Waals surface area contributed by atoms with Gasteiger partial charge in [-0.3, -0.25) is 9.69 Å². The molecule has 0 bridgehead atoms. The molecule has 32 heavy (non-hydrogen) atoms. The summed E-state index contributed by atoms with van der Waals surface area (Å²) >= 11 is 0. The lowest BCUT2D eigenvalue weighted by Crippen LogP contribution is -2.41. The molecule has 170 valence electrons. The fourth-order valence-corrected chi connectivity index (χ4v) is 3.24. The molecule has 0 aromatic heterocycles. The number of aliphatic carboxylic acids is 1. The van der Waals surface area contributed by atoms with Crippen molar-refractivity contribution in [3.05, 3.63) is 60.2 Å². The van der Waals surface area contributed by atoms with Gasteiger partial charge in [-0.25, -0.2) is 9.59 Å². The third kappa shape index (κ3) is 5.61. The number of aliphatic hydroxyl groups excluding tert-OH is 1. The van der Waals surface area contributed by atoms with Crippen molar-refractivity contribution in [1.82, 2.24) is 0 Å². The summed E-state index contributed by atoms with van der Waals surface area (Å²) in [5.41, 5.74) is 7.45. The second-order valence-corrected chi connectivity index (χ2v) is 7.12. The van der Waals surface area contributed by atoms with E-state index in [4.69, 9.17) is 25.4 Å². The SMILES string of the molecule is NC[C@H]1CN(c2ccc(N3CCOCC3=O)cc2)C(=O)O1.O=C(O)C(O)c1ccccc1. The molecule has 2 atom stereocenters. The molecule has 2 aliphatic rings. The molecule has 2 aromatic carbocycles. The fraction of sp³-hybridized carbons (Fsp3) is 0.318. The highest BCUT2D eigenvalue weighted by Crippen LogP contribution is 2.25. The van der Waals surface area contributed by atoms with Crippen LogP contribution in [0.15, 0.2) is 54.6 Å². The lowest BCUT2D eigenvalue weighted by Gasteiger charge is -2.27. The van der Waals surface area contributed by atoms with Gasteiger partial charge in [-0.05, 0) is 29.8 Å². The van der Waals surface area contributed by atoms with Crippen LogP contribution in [0.4, 0.5) is 16.2 Å². The van der Waals surface area contributed by atoms with Gasteiger partial charge in [0, 0.05) is 24.5 Å². The van der Waals surface area contributed by atoms with E-state index >= 15 is 0 Å². The molecule has 0 spiro atoms. The lowest BCUT2D eigenvalue weighted by molar-refractivity contribution is -0.147. The average molecular weight is 443 g/mol. The fourth-order valence-electron chi connectivity index (χ4n) is 3.24. The van der Waals surface area contributed by atoms with Crippen molar-refractivity contribution >= 4 is 29.3 Å². The first-order chi connectivity index (χ1) is 15.4. The van der Waals surface area contributed by atoms with E-state index in [2.05, 4.69) is 0 Å². The van der Waals surface area contributed by atoms with Gasteiger partial charge in [0.25, 0.3) is 5.91 Å². The second-order valence-electron chi connectivity index (χ2n) is 7.12. The number of carboxylic acid groups (broad SMARTS) is 1. The minimum absolute atomic E-state index is 0.0576. The summed E-state index contributed by atoms with van der Waals surface area (Å²) in [7, 11) is 0. The van der Waals surface area contributed by atoms with Crippen molar-refractivity contribution in [3.8, 4) is 0 Å². The number of carbonyl (C=O) groups is 3. The third-order valence-corrected chi connectivity index (χ3v) is 4.95. The number of carbonyl (C=O) groups excluding carboxylic acids is 2. The summed E-state index contributed by atoms with van der Waals surface area (Å²) in [6, 6.07) is 15.5. The summed E-state index contributed by atoms with van der Waals surface area (Å²) in [5, 5.41) is 17.4. The summed E-state index contributed by atoms with van der Waals surface area (Å²) < 4.78 is 10.2. The van der Waals surface area contributed by atoms with Crippen molar-refractivity contribution in [2.24, 2.45) is 5.73 Å². The number of hydrogen-bond donors (Lipinski definition) is 3. The van der Waals surface area contributed by atoms with Crippen LogP contribution in [0.3, 0.4) is 0 Å². The van der Waals surface area contributed by atoms with E-state index in [-0.39, 0.29) is 24.7 Å². The quantitative estimate of drug-likeness (QED) is 0.624. The Morgan fingerprint density at radius 1 is 1.06 bits per heavy atom. The molecule has 2 saturated heterocycles. The molecular weight excluding hydrogens is 418 g/mol. The Morgan fingerprint density at radius 2 is 1.69 bits per heavy atom.